The summed E-state index contributed by atoms with van der Waals surface area (Å²) in [4.78, 5) is 27.1. The van der Waals surface area contributed by atoms with Crippen LogP contribution in [0.3, 0.4) is 0 Å². The molecule has 0 saturated heterocycles. The zero-order valence-electron chi connectivity index (χ0n) is 18.2. The molecule has 2 rings (SSSR count). The molecule has 0 radical (unpaired) electrons. The van der Waals surface area contributed by atoms with Gasteiger partial charge in [0.05, 0.1) is 14.2 Å². The second kappa shape index (κ2) is 11.1. The van der Waals surface area contributed by atoms with Gasteiger partial charge in [0, 0.05) is 12.6 Å². The molecule has 1 atom stereocenters. The highest BCUT2D eigenvalue weighted by Crippen LogP contribution is 2.19. The Labute approximate surface area is 177 Å². The van der Waals surface area contributed by atoms with Crippen molar-refractivity contribution >= 4 is 11.8 Å². The van der Waals surface area contributed by atoms with E-state index in [0.717, 1.165) is 5.56 Å². The zero-order valence-corrected chi connectivity index (χ0v) is 18.2. The van der Waals surface area contributed by atoms with Gasteiger partial charge in [0.1, 0.15) is 23.3 Å². The number of nitrogens with one attached hydrogen (secondary N) is 1. The van der Waals surface area contributed by atoms with E-state index in [4.69, 9.17) is 14.2 Å². The Morgan fingerprint density at radius 3 is 2.17 bits per heavy atom. The Kier molecular flexibility index (Phi) is 8.53. The Balaban J connectivity index is 2.15. The third-order valence-electron chi connectivity index (χ3n) is 4.51. The second-order valence-corrected chi connectivity index (χ2v) is 7.18. The molecule has 2 aromatic rings. The lowest BCUT2D eigenvalue weighted by atomic mass is 10.1. The van der Waals surface area contributed by atoms with Crippen LogP contribution in [0.1, 0.15) is 26.3 Å². The Bertz CT molecular complexity index is 836. The van der Waals surface area contributed by atoms with Crippen molar-refractivity contribution in [3.05, 3.63) is 54.1 Å². The standard InChI is InChI=1S/C23H30N2O5/c1-16(2)24-23(27)17(3)25(14-18-7-6-8-21(13-18)29-5)22(26)15-30-20-11-9-19(28-4)10-12-20/h6-13,16-17H,14-15H2,1-5H3,(H,24,27)/t17-/m1/s1. The molecule has 0 spiro atoms. The van der Waals surface area contributed by atoms with Crippen LogP contribution < -0.4 is 19.5 Å². The molecule has 7 heteroatoms. The van der Waals surface area contributed by atoms with Gasteiger partial charge in [0.15, 0.2) is 6.61 Å². The maximum atomic E-state index is 13.0. The molecule has 0 aliphatic heterocycles. The van der Waals surface area contributed by atoms with E-state index in [1.807, 2.05) is 38.1 Å². The van der Waals surface area contributed by atoms with E-state index in [9.17, 15) is 9.59 Å². The van der Waals surface area contributed by atoms with Crippen molar-refractivity contribution in [2.75, 3.05) is 20.8 Å². The normalized spacial score (nSPS) is 11.5. The van der Waals surface area contributed by atoms with Crippen LogP contribution in [-0.2, 0) is 16.1 Å². The van der Waals surface area contributed by atoms with Gasteiger partial charge in [-0.05, 0) is 62.7 Å². The predicted octanol–water partition coefficient (Wildman–Crippen LogP) is 3.02. The van der Waals surface area contributed by atoms with Crippen molar-refractivity contribution in [3.8, 4) is 17.2 Å². The molecule has 0 aromatic heterocycles. The van der Waals surface area contributed by atoms with Gasteiger partial charge in [-0.3, -0.25) is 9.59 Å². The summed E-state index contributed by atoms with van der Waals surface area (Å²) in [5.41, 5.74) is 0.858. The number of hydrogen-bond donors (Lipinski definition) is 1. The van der Waals surface area contributed by atoms with Gasteiger partial charge in [0.25, 0.3) is 5.91 Å². The first-order chi connectivity index (χ1) is 14.3. The maximum Gasteiger partial charge on any atom is 0.261 e. The summed E-state index contributed by atoms with van der Waals surface area (Å²) in [6, 6.07) is 13.7. The lowest BCUT2D eigenvalue weighted by Crippen LogP contribution is -2.50. The smallest absolute Gasteiger partial charge is 0.261 e. The molecule has 0 aliphatic carbocycles. The van der Waals surface area contributed by atoms with E-state index in [2.05, 4.69) is 5.32 Å². The molecule has 0 bridgehead atoms. The fourth-order valence-corrected chi connectivity index (χ4v) is 2.86. The number of hydrogen-bond acceptors (Lipinski definition) is 5. The summed E-state index contributed by atoms with van der Waals surface area (Å²) < 4.78 is 16.0. The summed E-state index contributed by atoms with van der Waals surface area (Å²) in [5.74, 6) is 1.43. The Morgan fingerprint density at radius 2 is 1.57 bits per heavy atom. The molecule has 2 aromatic carbocycles. The van der Waals surface area contributed by atoms with Crippen molar-refractivity contribution in [2.24, 2.45) is 0 Å². The van der Waals surface area contributed by atoms with E-state index < -0.39 is 6.04 Å². The number of benzene rings is 2. The molecule has 0 heterocycles. The summed E-state index contributed by atoms with van der Waals surface area (Å²) in [5, 5.41) is 2.86. The topological polar surface area (TPSA) is 77.1 Å². The van der Waals surface area contributed by atoms with Crippen LogP contribution in [0.5, 0.6) is 17.2 Å². The van der Waals surface area contributed by atoms with Gasteiger partial charge in [0.2, 0.25) is 5.91 Å². The summed E-state index contributed by atoms with van der Waals surface area (Å²) in [6.07, 6.45) is 0. The van der Waals surface area contributed by atoms with Gasteiger partial charge in [-0.2, -0.15) is 0 Å². The van der Waals surface area contributed by atoms with E-state index in [1.165, 1.54) is 4.90 Å². The van der Waals surface area contributed by atoms with E-state index in [1.54, 1.807) is 45.4 Å². The molecule has 1 N–H and O–H groups in total. The van der Waals surface area contributed by atoms with Crippen LogP contribution in [0.2, 0.25) is 0 Å². The zero-order chi connectivity index (χ0) is 22.1. The van der Waals surface area contributed by atoms with Crippen LogP contribution in [-0.4, -0.2) is 49.6 Å². The van der Waals surface area contributed by atoms with Crippen LogP contribution in [0, 0.1) is 0 Å². The average Bonchev–Trinajstić information content (AvgIpc) is 2.75. The molecule has 0 fully saturated rings. The maximum absolute atomic E-state index is 13.0. The number of carbonyl (C=O) groups excluding carboxylic acids is 2. The highest BCUT2D eigenvalue weighted by Gasteiger charge is 2.27. The van der Waals surface area contributed by atoms with Crippen molar-refractivity contribution in [1.82, 2.24) is 10.2 Å². The van der Waals surface area contributed by atoms with E-state index >= 15 is 0 Å². The van der Waals surface area contributed by atoms with Crippen LogP contribution in [0.4, 0.5) is 0 Å². The molecule has 0 saturated carbocycles. The summed E-state index contributed by atoms with van der Waals surface area (Å²) >= 11 is 0. The van der Waals surface area contributed by atoms with Crippen molar-refractivity contribution in [2.45, 2.75) is 39.4 Å². The van der Waals surface area contributed by atoms with Gasteiger partial charge < -0.3 is 24.4 Å². The van der Waals surface area contributed by atoms with Crippen molar-refractivity contribution in [3.63, 3.8) is 0 Å². The minimum Gasteiger partial charge on any atom is -0.497 e. The van der Waals surface area contributed by atoms with Crippen LogP contribution >= 0.6 is 0 Å². The van der Waals surface area contributed by atoms with Crippen LogP contribution in [0.25, 0.3) is 0 Å². The Hall–Kier alpha value is -3.22. The first-order valence-electron chi connectivity index (χ1n) is 9.83. The lowest BCUT2D eigenvalue weighted by molar-refractivity contribution is -0.142. The van der Waals surface area contributed by atoms with Gasteiger partial charge >= 0.3 is 0 Å². The number of amides is 2. The van der Waals surface area contributed by atoms with Crippen molar-refractivity contribution in [1.29, 1.82) is 0 Å². The second-order valence-electron chi connectivity index (χ2n) is 7.18. The van der Waals surface area contributed by atoms with Gasteiger partial charge in [-0.25, -0.2) is 0 Å². The molecule has 2 amide bonds. The number of carbonyl (C=O) groups is 2. The number of ether oxygens (including phenoxy) is 3. The van der Waals surface area contributed by atoms with Gasteiger partial charge in [-0.1, -0.05) is 12.1 Å². The summed E-state index contributed by atoms with van der Waals surface area (Å²) in [6.45, 7) is 5.55. The SMILES string of the molecule is COc1ccc(OCC(=O)N(Cc2cccc(OC)c2)[C@H](C)C(=O)NC(C)C)cc1. The first kappa shape index (κ1) is 23.1. The Morgan fingerprint density at radius 1 is 0.933 bits per heavy atom. The third kappa shape index (κ3) is 6.69. The number of methoxy groups -OCH3 is 2. The molecule has 162 valence electrons. The molecule has 30 heavy (non-hydrogen) atoms. The molecule has 0 aliphatic rings. The van der Waals surface area contributed by atoms with Gasteiger partial charge in [-0.15, -0.1) is 0 Å². The first-order valence-corrected chi connectivity index (χ1v) is 9.83. The quantitative estimate of drug-likeness (QED) is 0.647. The molecular formula is C23H30N2O5. The average molecular weight is 415 g/mol. The number of rotatable bonds is 10. The lowest BCUT2D eigenvalue weighted by Gasteiger charge is -2.29. The minimum atomic E-state index is -0.662. The van der Waals surface area contributed by atoms with Crippen LogP contribution in [0.15, 0.2) is 48.5 Å². The highest BCUT2D eigenvalue weighted by atomic mass is 16.5. The van der Waals surface area contributed by atoms with E-state index in [-0.39, 0.29) is 31.0 Å². The fraction of sp³-hybridized carbons (Fsp3) is 0.391. The van der Waals surface area contributed by atoms with E-state index in [0.29, 0.717) is 17.2 Å². The fourth-order valence-electron chi connectivity index (χ4n) is 2.86. The molecular weight excluding hydrogens is 384 g/mol. The molecule has 7 nitrogen and oxygen atoms in total. The monoisotopic (exact) mass is 414 g/mol. The predicted molar refractivity (Wildman–Crippen MR) is 115 cm³/mol. The van der Waals surface area contributed by atoms with Crippen molar-refractivity contribution < 1.29 is 23.8 Å². The third-order valence-corrected chi connectivity index (χ3v) is 4.51. The largest absolute Gasteiger partial charge is 0.497 e. The number of nitrogens with zero attached hydrogens (tertiary/aromatic N) is 1. The summed E-state index contributed by atoms with van der Waals surface area (Å²) in [7, 11) is 3.17. The molecule has 0 unspecified atom stereocenters. The highest BCUT2D eigenvalue weighted by molar-refractivity contribution is 5.88. The minimum absolute atomic E-state index is 0.0238.